The van der Waals surface area contributed by atoms with Crippen LogP contribution in [0.2, 0.25) is 0 Å². The Hall–Kier alpha value is -2.06. The first-order valence-electron chi connectivity index (χ1n) is 9.91. The quantitative estimate of drug-likeness (QED) is 0.473. The summed E-state index contributed by atoms with van der Waals surface area (Å²) in [6.07, 6.45) is 2.01. The lowest BCUT2D eigenvalue weighted by molar-refractivity contribution is 0.0625. The molecular weight excluding hydrogens is 450 g/mol. The van der Waals surface area contributed by atoms with E-state index in [1.807, 2.05) is 59.7 Å². The van der Waals surface area contributed by atoms with Crippen LogP contribution in [0, 0.1) is 0 Å². The highest BCUT2D eigenvalue weighted by molar-refractivity contribution is 7.98. The maximum Gasteiger partial charge on any atom is 0.255 e. The van der Waals surface area contributed by atoms with Gasteiger partial charge in [0.25, 0.3) is 5.91 Å². The van der Waals surface area contributed by atoms with Crippen molar-refractivity contribution in [1.29, 1.82) is 0 Å². The Labute approximate surface area is 197 Å². The van der Waals surface area contributed by atoms with Crippen LogP contribution in [0.25, 0.3) is 11.3 Å². The zero-order valence-corrected chi connectivity index (χ0v) is 20.1. The SMILES string of the molecule is COc1ccc(-c2csc(CN3CCN(C(=O)c4ccccc4SC)CC3)n2)cc1.Cl. The number of amides is 1. The number of nitrogens with zero attached hydrogens (tertiary/aromatic N) is 3. The molecule has 1 aliphatic rings. The first kappa shape index (κ1) is 23.6. The minimum absolute atomic E-state index is 0. The fourth-order valence-electron chi connectivity index (χ4n) is 3.57. The number of thioether (sulfide) groups is 1. The number of carbonyl (C=O) groups excluding carboxylic acids is 1. The van der Waals surface area contributed by atoms with Gasteiger partial charge in [0.1, 0.15) is 10.8 Å². The van der Waals surface area contributed by atoms with E-state index in [1.54, 1.807) is 30.2 Å². The van der Waals surface area contributed by atoms with Crippen molar-refractivity contribution in [3.05, 3.63) is 64.5 Å². The predicted molar refractivity (Wildman–Crippen MR) is 131 cm³/mol. The number of halogens is 1. The summed E-state index contributed by atoms with van der Waals surface area (Å²) in [6, 6.07) is 15.8. The molecule has 0 bridgehead atoms. The number of thiazole rings is 1. The summed E-state index contributed by atoms with van der Waals surface area (Å²) < 4.78 is 5.22. The molecule has 0 saturated carbocycles. The third-order valence-electron chi connectivity index (χ3n) is 5.29. The van der Waals surface area contributed by atoms with Crippen molar-refractivity contribution in [3.63, 3.8) is 0 Å². The van der Waals surface area contributed by atoms with Crippen LogP contribution in [0.5, 0.6) is 5.75 Å². The maximum absolute atomic E-state index is 12.9. The highest BCUT2D eigenvalue weighted by Gasteiger charge is 2.24. The summed E-state index contributed by atoms with van der Waals surface area (Å²) in [5.41, 5.74) is 2.91. The minimum Gasteiger partial charge on any atom is -0.497 e. The van der Waals surface area contributed by atoms with Crippen LogP contribution in [-0.4, -0.2) is 60.2 Å². The van der Waals surface area contributed by atoms with Gasteiger partial charge in [0.2, 0.25) is 0 Å². The van der Waals surface area contributed by atoms with E-state index in [1.165, 1.54) is 0 Å². The van der Waals surface area contributed by atoms with Gasteiger partial charge in [-0.2, -0.15) is 0 Å². The van der Waals surface area contributed by atoms with Crippen molar-refractivity contribution in [2.75, 3.05) is 39.5 Å². The number of rotatable bonds is 6. The summed E-state index contributed by atoms with van der Waals surface area (Å²) in [6.45, 7) is 4.05. The van der Waals surface area contributed by atoms with Crippen LogP contribution in [0.1, 0.15) is 15.4 Å². The Bertz CT molecular complexity index is 1000. The number of hydrogen-bond acceptors (Lipinski definition) is 6. The molecule has 1 aliphatic heterocycles. The molecule has 8 heteroatoms. The van der Waals surface area contributed by atoms with Crippen molar-refractivity contribution in [2.24, 2.45) is 0 Å². The van der Waals surface area contributed by atoms with Gasteiger partial charge < -0.3 is 9.64 Å². The Morgan fingerprint density at radius 1 is 1.10 bits per heavy atom. The molecule has 0 unspecified atom stereocenters. The topological polar surface area (TPSA) is 45.7 Å². The minimum atomic E-state index is 0. The van der Waals surface area contributed by atoms with E-state index in [0.29, 0.717) is 0 Å². The number of benzene rings is 2. The molecule has 5 nitrogen and oxygen atoms in total. The summed E-state index contributed by atoms with van der Waals surface area (Å²) in [5, 5.41) is 3.21. The lowest BCUT2D eigenvalue weighted by atomic mass is 10.1. The van der Waals surface area contributed by atoms with Gasteiger partial charge >= 0.3 is 0 Å². The van der Waals surface area contributed by atoms with Crippen molar-refractivity contribution < 1.29 is 9.53 Å². The van der Waals surface area contributed by atoms with Crippen LogP contribution in [0.15, 0.2) is 58.8 Å². The summed E-state index contributed by atoms with van der Waals surface area (Å²) >= 11 is 3.31. The summed E-state index contributed by atoms with van der Waals surface area (Å²) in [4.78, 5) is 23.1. The zero-order valence-electron chi connectivity index (χ0n) is 17.6. The maximum atomic E-state index is 12.9. The lowest BCUT2D eigenvalue weighted by Crippen LogP contribution is -2.48. The standard InChI is InChI=1S/C23H25N3O2S2.ClH/c1-28-18-9-7-17(8-10-18)20-16-30-22(24-20)15-25-11-13-26(14-12-25)23(27)19-5-3-4-6-21(19)29-2;/h3-10,16H,11-15H2,1-2H3;1H. The molecule has 0 radical (unpaired) electrons. The van der Waals surface area contributed by atoms with Gasteiger partial charge in [-0.1, -0.05) is 12.1 Å². The molecule has 31 heavy (non-hydrogen) atoms. The Morgan fingerprint density at radius 2 is 1.81 bits per heavy atom. The van der Waals surface area contributed by atoms with Gasteiger partial charge in [0.15, 0.2) is 0 Å². The molecule has 0 spiro atoms. The van der Waals surface area contributed by atoms with Crippen LogP contribution >= 0.6 is 35.5 Å². The number of carbonyl (C=O) groups is 1. The molecule has 2 heterocycles. The van der Waals surface area contributed by atoms with Crippen molar-refractivity contribution >= 4 is 41.4 Å². The lowest BCUT2D eigenvalue weighted by Gasteiger charge is -2.34. The molecule has 0 atom stereocenters. The molecule has 1 saturated heterocycles. The van der Waals surface area contributed by atoms with Crippen LogP contribution in [0.4, 0.5) is 0 Å². The second-order valence-electron chi connectivity index (χ2n) is 7.12. The molecule has 4 rings (SSSR count). The highest BCUT2D eigenvalue weighted by atomic mass is 35.5. The van der Waals surface area contributed by atoms with E-state index >= 15 is 0 Å². The summed E-state index contributed by atoms with van der Waals surface area (Å²) in [7, 11) is 1.67. The smallest absolute Gasteiger partial charge is 0.255 e. The van der Waals surface area contributed by atoms with E-state index in [-0.39, 0.29) is 18.3 Å². The number of piperazine rings is 1. The van der Waals surface area contributed by atoms with E-state index in [9.17, 15) is 4.79 Å². The number of aromatic nitrogens is 1. The average Bonchev–Trinajstić information content (AvgIpc) is 3.27. The zero-order chi connectivity index (χ0) is 20.9. The van der Waals surface area contributed by atoms with Crippen LogP contribution in [0.3, 0.4) is 0 Å². The Balaban J connectivity index is 0.00000272. The number of hydrogen-bond donors (Lipinski definition) is 0. The van der Waals surface area contributed by atoms with Crippen molar-refractivity contribution in [3.8, 4) is 17.0 Å². The van der Waals surface area contributed by atoms with E-state index < -0.39 is 0 Å². The summed E-state index contributed by atoms with van der Waals surface area (Å²) in [5.74, 6) is 0.984. The molecule has 1 amide bonds. The fourth-order valence-corrected chi connectivity index (χ4v) is 5.00. The first-order valence-corrected chi connectivity index (χ1v) is 12.0. The Kier molecular flexibility index (Phi) is 8.37. The molecule has 0 aliphatic carbocycles. The van der Waals surface area contributed by atoms with Crippen molar-refractivity contribution in [2.45, 2.75) is 11.4 Å². The highest BCUT2D eigenvalue weighted by Crippen LogP contribution is 2.25. The van der Waals surface area contributed by atoms with E-state index in [2.05, 4.69) is 10.3 Å². The fraction of sp³-hybridized carbons (Fsp3) is 0.304. The van der Waals surface area contributed by atoms with Gasteiger partial charge in [-0.25, -0.2) is 4.98 Å². The first-order chi connectivity index (χ1) is 14.7. The molecule has 3 aromatic rings. The van der Waals surface area contributed by atoms with Crippen LogP contribution in [-0.2, 0) is 6.54 Å². The van der Waals surface area contributed by atoms with Gasteiger partial charge in [-0.15, -0.1) is 35.5 Å². The largest absolute Gasteiger partial charge is 0.497 e. The van der Waals surface area contributed by atoms with Gasteiger partial charge in [0.05, 0.1) is 24.9 Å². The molecular formula is C23H26ClN3O2S2. The second-order valence-corrected chi connectivity index (χ2v) is 8.91. The third kappa shape index (κ3) is 5.60. The van der Waals surface area contributed by atoms with Crippen LogP contribution < -0.4 is 4.74 Å². The third-order valence-corrected chi connectivity index (χ3v) is 6.92. The Morgan fingerprint density at radius 3 is 2.48 bits per heavy atom. The second kappa shape index (κ2) is 11.0. The number of methoxy groups -OCH3 is 1. The number of ether oxygens (including phenoxy) is 1. The van der Waals surface area contributed by atoms with Gasteiger partial charge in [-0.05, 0) is 42.7 Å². The normalized spacial score (nSPS) is 14.2. The molecule has 1 fully saturated rings. The average molecular weight is 476 g/mol. The predicted octanol–water partition coefficient (Wildman–Crippen LogP) is 4.92. The van der Waals surface area contributed by atoms with Crippen molar-refractivity contribution in [1.82, 2.24) is 14.8 Å². The van der Waals surface area contributed by atoms with Gasteiger partial charge in [0, 0.05) is 42.0 Å². The van der Waals surface area contributed by atoms with E-state index in [0.717, 1.165) is 65.2 Å². The van der Waals surface area contributed by atoms with Gasteiger partial charge in [-0.3, -0.25) is 9.69 Å². The molecule has 0 N–H and O–H groups in total. The molecule has 164 valence electrons. The molecule has 2 aromatic carbocycles. The van der Waals surface area contributed by atoms with E-state index in [4.69, 9.17) is 9.72 Å². The monoisotopic (exact) mass is 475 g/mol. The molecule has 1 aromatic heterocycles.